The standard InChI is InChI=1S/C17H23N3S/c1-12-10-15(21-16-18-9-8-13(2)20-16)7-6-14(12)11-19-17(3,4)5/h6-10,19H,11H2,1-5H3. The van der Waals surface area contributed by atoms with Gasteiger partial charge >= 0.3 is 0 Å². The number of aryl methyl sites for hydroxylation is 2. The van der Waals surface area contributed by atoms with Gasteiger partial charge in [-0.25, -0.2) is 9.97 Å². The van der Waals surface area contributed by atoms with Crippen LogP contribution in [-0.2, 0) is 6.54 Å². The molecule has 0 bridgehead atoms. The summed E-state index contributed by atoms with van der Waals surface area (Å²) >= 11 is 1.61. The maximum Gasteiger partial charge on any atom is 0.192 e. The first-order chi connectivity index (χ1) is 9.83. The van der Waals surface area contributed by atoms with Gasteiger partial charge in [0, 0.05) is 28.9 Å². The van der Waals surface area contributed by atoms with Crippen molar-refractivity contribution in [3.63, 3.8) is 0 Å². The van der Waals surface area contributed by atoms with Crippen LogP contribution in [0.2, 0.25) is 0 Å². The van der Waals surface area contributed by atoms with E-state index in [2.05, 4.69) is 61.2 Å². The molecule has 0 aliphatic carbocycles. The van der Waals surface area contributed by atoms with Crippen LogP contribution >= 0.6 is 11.8 Å². The molecular formula is C17H23N3S. The van der Waals surface area contributed by atoms with Crippen LogP contribution in [0.3, 0.4) is 0 Å². The Labute approximate surface area is 131 Å². The van der Waals surface area contributed by atoms with E-state index in [0.717, 1.165) is 17.4 Å². The topological polar surface area (TPSA) is 37.8 Å². The lowest BCUT2D eigenvalue weighted by Crippen LogP contribution is -2.35. The minimum absolute atomic E-state index is 0.134. The molecule has 0 aliphatic rings. The molecule has 0 unspecified atom stereocenters. The molecule has 2 rings (SSSR count). The zero-order chi connectivity index (χ0) is 15.5. The lowest BCUT2D eigenvalue weighted by atomic mass is 10.1. The number of hydrogen-bond donors (Lipinski definition) is 1. The average Bonchev–Trinajstić information content (AvgIpc) is 2.36. The Balaban J connectivity index is 2.08. The van der Waals surface area contributed by atoms with Crippen molar-refractivity contribution >= 4 is 11.8 Å². The average molecular weight is 301 g/mol. The number of aromatic nitrogens is 2. The predicted octanol–water partition coefficient (Wildman–Crippen LogP) is 4.13. The van der Waals surface area contributed by atoms with E-state index >= 15 is 0 Å². The first kappa shape index (κ1) is 16.0. The van der Waals surface area contributed by atoms with Gasteiger partial charge < -0.3 is 5.32 Å². The highest BCUT2D eigenvalue weighted by molar-refractivity contribution is 7.99. The molecule has 0 aliphatic heterocycles. The molecule has 0 fully saturated rings. The molecular weight excluding hydrogens is 278 g/mol. The van der Waals surface area contributed by atoms with E-state index < -0.39 is 0 Å². The Morgan fingerprint density at radius 3 is 2.52 bits per heavy atom. The van der Waals surface area contributed by atoms with Crippen molar-refractivity contribution in [2.24, 2.45) is 0 Å². The van der Waals surface area contributed by atoms with Crippen LogP contribution in [-0.4, -0.2) is 15.5 Å². The highest BCUT2D eigenvalue weighted by Crippen LogP contribution is 2.26. The minimum atomic E-state index is 0.134. The summed E-state index contributed by atoms with van der Waals surface area (Å²) in [6, 6.07) is 8.45. The summed E-state index contributed by atoms with van der Waals surface area (Å²) < 4.78 is 0. The molecule has 0 amide bonds. The molecule has 0 saturated carbocycles. The van der Waals surface area contributed by atoms with E-state index in [0.29, 0.717) is 0 Å². The summed E-state index contributed by atoms with van der Waals surface area (Å²) in [5.74, 6) is 0. The molecule has 1 N–H and O–H groups in total. The summed E-state index contributed by atoms with van der Waals surface area (Å²) in [7, 11) is 0. The quantitative estimate of drug-likeness (QED) is 0.862. The molecule has 0 spiro atoms. The van der Waals surface area contributed by atoms with Gasteiger partial charge in [-0.2, -0.15) is 0 Å². The third kappa shape index (κ3) is 5.14. The Hall–Kier alpha value is -1.39. The van der Waals surface area contributed by atoms with Gasteiger partial charge in [0.2, 0.25) is 0 Å². The van der Waals surface area contributed by atoms with Crippen molar-refractivity contribution in [2.75, 3.05) is 0 Å². The Bertz CT molecular complexity index is 618. The third-order valence-electron chi connectivity index (χ3n) is 3.11. The SMILES string of the molecule is Cc1ccnc(Sc2ccc(CNC(C)(C)C)c(C)c2)n1. The summed E-state index contributed by atoms with van der Waals surface area (Å²) in [5.41, 5.74) is 3.76. The van der Waals surface area contributed by atoms with E-state index in [9.17, 15) is 0 Å². The fraction of sp³-hybridized carbons (Fsp3) is 0.412. The van der Waals surface area contributed by atoms with Crippen molar-refractivity contribution in [2.45, 2.75) is 56.8 Å². The number of benzene rings is 1. The fourth-order valence-electron chi connectivity index (χ4n) is 1.87. The highest BCUT2D eigenvalue weighted by atomic mass is 32.2. The normalized spacial score (nSPS) is 11.7. The second-order valence-electron chi connectivity index (χ2n) is 6.27. The van der Waals surface area contributed by atoms with Crippen molar-refractivity contribution in [3.8, 4) is 0 Å². The molecule has 0 saturated heterocycles. The summed E-state index contributed by atoms with van der Waals surface area (Å²) in [5, 5.41) is 4.33. The van der Waals surface area contributed by atoms with E-state index in [1.54, 1.807) is 18.0 Å². The first-order valence-electron chi connectivity index (χ1n) is 7.15. The van der Waals surface area contributed by atoms with Gasteiger partial charge in [-0.15, -0.1) is 0 Å². The van der Waals surface area contributed by atoms with Crippen molar-refractivity contribution in [3.05, 3.63) is 47.3 Å². The third-order valence-corrected chi connectivity index (χ3v) is 3.97. The van der Waals surface area contributed by atoms with Crippen LogP contribution in [0.5, 0.6) is 0 Å². The van der Waals surface area contributed by atoms with Crippen LogP contribution in [0, 0.1) is 13.8 Å². The van der Waals surface area contributed by atoms with Crippen molar-refractivity contribution < 1.29 is 0 Å². The second kappa shape index (κ2) is 6.58. The Morgan fingerprint density at radius 1 is 1.14 bits per heavy atom. The summed E-state index contributed by atoms with van der Waals surface area (Å²) in [6.45, 7) is 11.6. The van der Waals surface area contributed by atoms with E-state index in [4.69, 9.17) is 0 Å². The van der Waals surface area contributed by atoms with Gasteiger partial charge in [-0.3, -0.25) is 0 Å². The van der Waals surface area contributed by atoms with E-state index in [1.165, 1.54) is 16.0 Å². The van der Waals surface area contributed by atoms with Gasteiger partial charge in [-0.05, 0) is 75.7 Å². The van der Waals surface area contributed by atoms with Gasteiger partial charge in [0.15, 0.2) is 5.16 Å². The largest absolute Gasteiger partial charge is 0.308 e. The van der Waals surface area contributed by atoms with Gasteiger partial charge in [0.05, 0.1) is 0 Å². The maximum atomic E-state index is 4.43. The summed E-state index contributed by atoms with van der Waals surface area (Å²) in [4.78, 5) is 9.90. The smallest absolute Gasteiger partial charge is 0.192 e. The molecule has 3 nitrogen and oxygen atoms in total. The van der Waals surface area contributed by atoms with E-state index in [1.807, 2.05) is 13.0 Å². The Kier molecular flexibility index (Phi) is 5.01. The molecule has 21 heavy (non-hydrogen) atoms. The Morgan fingerprint density at radius 2 is 1.90 bits per heavy atom. The lowest BCUT2D eigenvalue weighted by Gasteiger charge is -2.21. The molecule has 1 aromatic heterocycles. The molecule has 1 aromatic carbocycles. The zero-order valence-corrected chi connectivity index (χ0v) is 14.2. The fourth-order valence-corrected chi connectivity index (χ4v) is 2.76. The molecule has 4 heteroatoms. The van der Waals surface area contributed by atoms with Gasteiger partial charge in [0.25, 0.3) is 0 Å². The van der Waals surface area contributed by atoms with E-state index in [-0.39, 0.29) is 5.54 Å². The molecule has 2 aromatic rings. The van der Waals surface area contributed by atoms with Crippen LogP contribution in [0.4, 0.5) is 0 Å². The highest BCUT2D eigenvalue weighted by Gasteiger charge is 2.10. The van der Waals surface area contributed by atoms with Crippen LogP contribution in [0.15, 0.2) is 40.5 Å². The zero-order valence-electron chi connectivity index (χ0n) is 13.4. The first-order valence-corrected chi connectivity index (χ1v) is 7.97. The van der Waals surface area contributed by atoms with Crippen molar-refractivity contribution in [1.82, 2.24) is 15.3 Å². The molecule has 1 heterocycles. The molecule has 0 radical (unpaired) electrons. The van der Waals surface area contributed by atoms with Gasteiger partial charge in [-0.1, -0.05) is 6.07 Å². The molecule has 112 valence electrons. The number of hydrogen-bond acceptors (Lipinski definition) is 4. The predicted molar refractivity (Wildman–Crippen MR) is 88.7 cm³/mol. The lowest BCUT2D eigenvalue weighted by molar-refractivity contribution is 0.424. The van der Waals surface area contributed by atoms with Crippen LogP contribution in [0.1, 0.15) is 37.6 Å². The van der Waals surface area contributed by atoms with Crippen LogP contribution in [0.25, 0.3) is 0 Å². The van der Waals surface area contributed by atoms with Crippen molar-refractivity contribution in [1.29, 1.82) is 0 Å². The minimum Gasteiger partial charge on any atom is -0.308 e. The molecule has 0 atom stereocenters. The number of nitrogens with one attached hydrogen (secondary N) is 1. The summed E-state index contributed by atoms with van der Waals surface area (Å²) in [6.07, 6.45) is 1.80. The number of rotatable bonds is 4. The number of nitrogens with zero attached hydrogens (tertiary/aromatic N) is 2. The monoisotopic (exact) mass is 301 g/mol. The van der Waals surface area contributed by atoms with Crippen LogP contribution < -0.4 is 5.32 Å². The second-order valence-corrected chi connectivity index (χ2v) is 7.32. The maximum absolute atomic E-state index is 4.43. The van der Waals surface area contributed by atoms with Gasteiger partial charge in [0.1, 0.15) is 0 Å².